The number of anilines is 1. The monoisotopic (exact) mass is 376 g/mol. The van der Waals surface area contributed by atoms with Crippen molar-refractivity contribution in [2.24, 2.45) is 0 Å². The molecule has 0 fully saturated rings. The molecule has 5 rings (SSSR count). The third-order valence-corrected chi connectivity index (χ3v) is 5.48. The van der Waals surface area contributed by atoms with Crippen LogP contribution >= 0.6 is 11.3 Å². The molecule has 1 aliphatic rings. The minimum Gasteiger partial charge on any atom is -0.457 e. The highest BCUT2D eigenvalue weighted by molar-refractivity contribution is 7.22. The molecule has 3 aromatic carbocycles. The quantitative estimate of drug-likeness (QED) is 0.516. The van der Waals surface area contributed by atoms with Crippen LogP contribution in [-0.4, -0.2) is 10.9 Å². The van der Waals surface area contributed by atoms with Gasteiger partial charge in [0.25, 0.3) is 0 Å². The fraction of sp³-hybridized carbons (Fsp3) is 0.0476. The number of hydrogen-bond donors (Lipinski definition) is 1. The van der Waals surface area contributed by atoms with Gasteiger partial charge in [-0.25, -0.2) is 9.37 Å². The van der Waals surface area contributed by atoms with Crippen molar-refractivity contribution >= 4 is 32.6 Å². The van der Waals surface area contributed by atoms with E-state index in [1.54, 1.807) is 12.1 Å². The van der Waals surface area contributed by atoms with Gasteiger partial charge in [0.15, 0.2) is 5.13 Å². The average molecular weight is 376 g/mol. The first-order valence-corrected chi connectivity index (χ1v) is 9.24. The van der Waals surface area contributed by atoms with Gasteiger partial charge in [0, 0.05) is 11.1 Å². The highest BCUT2D eigenvalue weighted by Gasteiger charge is 2.32. The lowest BCUT2D eigenvalue weighted by Crippen LogP contribution is -2.25. The Hall–Kier alpha value is -3.25. The summed E-state index contributed by atoms with van der Waals surface area (Å²) in [6.45, 7) is 0. The summed E-state index contributed by atoms with van der Waals surface area (Å²) in [4.78, 5) is 17.4. The number of halogens is 1. The van der Waals surface area contributed by atoms with Crippen molar-refractivity contribution in [2.45, 2.75) is 5.92 Å². The summed E-state index contributed by atoms with van der Waals surface area (Å²) in [5, 5.41) is 3.23. The van der Waals surface area contributed by atoms with E-state index in [0.717, 1.165) is 11.1 Å². The molecule has 1 aromatic heterocycles. The first kappa shape index (κ1) is 16.0. The Labute approximate surface area is 158 Å². The maximum atomic E-state index is 13.9. The number of carbonyl (C=O) groups is 1. The standard InChI is InChI=1S/C21H13FN2O2S/c22-14-8-5-11-17-19(14)23-21(27-17)24-20(25)18-12-6-1-3-9-15(12)26-16-10-4-2-7-13(16)18/h1-11,18H,(H,23,24,25). The van der Waals surface area contributed by atoms with E-state index < -0.39 is 11.7 Å². The Morgan fingerprint density at radius 1 is 0.963 bits per heavy atom. The van der Waals surface area contributed by atoms with Crippen molar-refractivity contribution in [3.05, 3.63) is 83.7 Å². The fourth-order valence-corrected chi connectivity index (χ4v) is 4.22. The van der Waals surface area contributed by atoms with Crippen LogP contribution in [0.4, 0.5) is 9.52 Å². The molecule has 0 bridgehead atoms. The van der Waals surface area contributed by atoms with Crippen molar-refractivity contribution in [1.82, 2.24) is 4.98 Å². The van der Waals surface area contributed by atoms with Gasteiger partial charge in [-0.3, -0.25) is 4.79 Å². The van der Waals surface area contributed by atoms with Crippen LogP contribution in [0.1, 0.15) is 17.0 Å². The van der Waals surface area contributed by atoms with Crippen molar-refractivity contribution in [3.8, 4) is 11.5 Å². The maximum absolute atomic E-state index is 13.9. The zero-order valence-electron chi connectivity index (χ0n) is 14.0. The third kappa shape index (κ3) is 2.65. The summed E-state index contributed by atoms with van der Waals surface area (Å²) < 4.78 is 20.5. The van der Waals surface area contributed by atoms with E-state index >= 15 is 0 Å². The molecule has 0 radical (unpaired) electrons. The Kier molecular flexibility index (Phi) is 3.65. The van der Waals surface area contributed by atoms with E-state index in [2.05, 4.69) is 10.3 Å². The zero-order valence-corrected chi connectivity index (χ0v) is 14.8. The second kappa shape index (κ2) is 6.17. The molecule has 1 aliphatic heterocycles. The van der Waals surface area contributed by atoms with E-state index in [4.69, 9.17) is 4.74 Å². The van der Waals surface area contributed by atoms with Gasteiger partial charge >= 0.3 is 0 Å². The molecule has 27 heavy (non-hydrogen) atoms. The van der Waals surface area contributed by atoms with Gasteiger partial charge in [0.1, 0.15) is 22.8 Å². The normalized spacial score (nSPS) is 12.9. The topological polar surface area (TPSA) is 51.2 Å². The number of thiazole rings is 1. The van der Waals surface area contributed by atoms with Gasteiger partial charge in [0.05, 0.1) is 10.6 Å². The lowest BCUT2D eigenvalue weighted by molar-refractivity contribution is -0.116. The molecule has 2 heterocycles. The smallest absolute Gasteiger partial charge is 0.238 e. The Morgan fingerprint density at radius 2 is 1.63 bits per heavy atom. The molecule has 4 nitrogen and oxygen atoms in total. The molecule has 4 aromatic rings. The minimum absolute atomic E-state index is 0.224. The average Bonchev–Trinajstić information content (AvgIpc) is 3.09. The first-order chi connectivity index (χ1) is 13.2. The SMILES string of the molecule is O=C(Nc1nc2c(F)cccc2s1)C1c2ccccc2Oc2ccccc21. The van der Waals surface area contributed by atoms with Crippen LogP contribution in [0, 0.1) is 5.82 Å². The van der Waals surface area contributed by atoms with E-state index in [-0.39, 0.29) is 11.4 Å². The predicted octanol–water partition coefficient (Wildman–Crippen LogP) is 5.31. The molecule has 0 spiro atoms. The molecule has 0 saturated heterocycles. The van der Waals surface area contributed by atoms with Gasteiger partial charge in [-0.05, 0) is 24.3 Å². The number of para-hydroxylation sites is 3. The highest BCUT2D eigenvalue weighted by atomic mass is 32.1. The number of rotatable bonds is 2. The maximum Gasteiger partial charge on any atom is 0.238 e. The number of ether oxygens (including phenoxy) is 1. The van der Waals surface area contributed by atoms with Crippen molar-refractivity contribution in [1.29, 1.82) is 0 Å². The van der Waals surface area contributed by atoms with Crippen LogP contribution in [0.5, 0.6) is 11.5 Å². The van der Waals surface area contributed by atoms with Gasteiger partial charge in [-0.1, -0.05) is 53.8 Å². The lowest BCUT2D eigenvalue weighted by Gasteiger charge is -2.27. The molecule has 1 N–H and O–H groups in total. The molecule has 1 amide bonds. The number of nitrogens with zero attached hydrogens (tertiary/aromatic N) is 1. The number of benzene rings is 3. The van der Waals surface area contributed by atoms with Crippen molar-refractivity contribution in [3.63, 3.8) is 0 Å². The van der Waals surface area contributed by atoms with Crippen LogP contribution in [0.3, 0.4) is 0 Å². The molecular weight excluding hydrogens is 363 g/mol. The van der Waals surface area contributed by atoms with E-state index in [9.17, 15) is 9.18 Å². The molecule has 0 saturated carbocycles. The summed E-state index contributed by atoms with van der Waals surface area (Å²) in [5.41, 5.74) is 1.85. The van der Waals surface area contributed by atoms with Crippen LogP contribution in [0.25, 0.3) is 10.2 Å². The number of fused-ring (bicyclic) bond motifs is 3. The predicted molar refractivity (Wildman–Crippen MR) is 103 cm³/mol. The lowest BCUT2D eigenvalue weighted by atomic mass is 9.87. The molecule has 6 heteroatoms. The Bertz CT molecular complexity index is 1140. The van der Waals surface area contributed by atoms with E-state index in [1.165, 1.54) is 17.4 Å². The van der Waals surface area contributed by atoms with Crippen LogP contribution < -0.4 is 10.1 Å². The van der Waals surface area contributed by atoms with Gasteiger partial charge < -0.3 is 10.1 Å². The van der Waals surface area contributed by atoms with E-state index in [0.29, 0.717) is 21.3 Å². The summed E-state index contributed by atoms with van der Waals surface area (Å²) in [7, 11) is 0. The summed E-state index contributed by atoms with van der Waals surface area (Å²) in [5.74, 6) is 0.171. The number of aromatic nitrogens is 1. The third-order valence-electron chi connectivity index (χ3n) is 4.54. The largest absolute Gasteiger partial charge is 0.457 e. The van der Waals surface area contributed by atoms with E-state index in [1.807, 2.05) is 48.5 Å². The second-order valence-corrected chi connectivity index (χ2v) is 7.24. The molecule has 132 valence electrons. The van der Waals surface area contributed by atoms with Crippen molar-refractivity contribution < 1.29 is 13.9 Å². The Balaban J connectivity index is 1.55. The summed E-state index contributed by atoms with van der Waals surface area (Å²) in [6, 6.07) is 19.7. The first-order valence-electron chi connectivity index (χ1n) is 8.42. The number of amides is 1. The van der Waals surface area contributed by atoms with Crippen LogP contribution in [0.15, 0.2) is 66.7 Å². The Morgan fingerprint density at radius 3 is 2.30 bits per heavy atom. The number of hydrogen-bond acceptors (Lipinski definition) is 4. The molecular formula is C21H13FN2O2S. The van der Waals surface area contributed by atoms with Gasteiger partial charge in [-0.2, -0.15) is 0 Å². The summed E-state index contributed by atoms with van der Waals surface area (Å²) in [6.07, 6.45) is 0. The van der Waals surface area contributed by atoms with Gasteiger partial charge in [0.2, 0.25) is 5.91 Å². The van der Waals surface area contributed by atoms with Gasteiger partial charge in [-0.15, -0.1) is 0 Å². The minimum atomic E-state index is -0.525. The van der Waals surface area contributed by atoms with Crippen LogP contribution in [0.2, 0.25) is 0 Å². The van der Waals surface area contributed by atoms with Crippen molar-refractivity contribution in [2.75, 3.05) is 5.32 Å². The fourth-order valence-electron chi connectivity index (χ4n) is 3.34. The molecule has 0 aliphatic carbocycles. The van der Waals surface area contributed by atoms with Crippen LogP contribution in [-0.2, 0) is 4.79 Å². The highest BCUT2D eigenvalue weighted by Crippen LogP contribution is 2.44. The second-order valence-electron chi connectivity index (χ2n) is 6.21. The number of nitrogens with one attached hydrogen (secondary N) is 1. The molecule has 0 atom stereocenters. The number of carbonyl (C=O) groups excluding carboxylic acids is 1. The zero-order chi connectivity index (χ0) is 18.4. The summed E-state index contributed by atoms with van der Waals surface area (Å²) >= 11 is 1.25. The molecule has 0 unspecified atom stereocenters.